The van der Waals surface area contributed by atoms with Crippen molar-refractivity contribution in [2.24, 2.45) is 0 Å². The van der Waals surface area contributed by atoms with E-state index in [4.69, 9.17) is 0 Å². The van der Waals surface area contributed by atoms with Crippen LogP contribution in [0.4, 0.5) is 0 Å². The van der Waals surface area contributed by atoms with Crippen LogP contribution in [0.1, 0.15) is 0 Å². The van der Waals surface area contributed by atoms with Gasteiger partial charge in [0.2, 0.25) is 0 Å². The normalized spacial score (nSPS) is 9.60. The highest BCUT2D eigenvalue weighted by molar-refractivity contribution is 7.80. The number of hydrogen-bond donors (Lipinski definition) is 3. The molecule has 2 nitrogen and oxygen atoms in total. The molecule has 4 heteroatoms. The van der Waals surface area contributed by atoms with Gasteiger partial charge in [-0.25, -0.2) is 0 Å². The fraction of sp³-hybridized carbons (Fsp3) is 0.818. The van der Waals surface area contributed by atoms with Crippen molar-refractivity contribution in [3.63, 3.8) is 0 Å². The molecule has 0 radical (unpaired) electrons. The lowest BCUT2D eigenvalue weighted by molar-refractivity contribution is -0.867. The minimum absolute atomic E-state index is 0. The molecule has 0 saturated heterocycles. The molecule has 0 atom stereocenters. The van der Waals surface area contributed by atoms with E-state index in [1.54, 1.807) is 0 Å². The van der Waals surface area contributed by atoms with E-state index in [1.165, 1.54) is 4.90 Å². The van der Waals surface area contributed by atoms with Crippen molar-refractivity contribution in [2.75, 3.05) is 59.8 Å². The molecule has 0 saturated carbocycles. The number of hydrogen-bond acceptors (Lipinski definition) is 2. The van der Waals surface area contributed by atoms with E-state index in [1.807, 2.05) is 0 Å². The summed E-state index contributed by atoms with van der Waals surface area (Å²) in [7, 11) is 10.7. The molecule has 0 aliphatic rings. The van der Waals surface area contributed by atoms with Gasteiger partial charge in [-0.3, -0.25) is 0 Å². The van der Waals surface area contributed by atoms with Crippen molar-refractivity contribution in [1.29, 1.82) is 0 Å². The van der Waals surface area contributed by atoms with E-state index in [2.05, 4.69) is 60.5 Å². The van der Waals surface area contributed by atoms with Crippen LogP contribution in [-0.4, -0.2) is 64.3 Å². The maximum absolute atomic E-state index is 4.10. The zero-order valence-corrected chi connectivity index (χ0v) is 13.5. The van der Waals surface area contributed by atoms with E-state index in [0.717, 1.165) is 29.1 Å². The zero-order valence-electron chi connectivity index (χ0n) is 11.7. The molecule has 0 fully saturated rings. The highest BCUT2D eigenvalue weighted by Crippen LogP contribution is 1.88. The molecule has 0 aromatic carbocycles. The van der Waals surface area contributed by atoms with Crippen molar-refractivity contribution in [1.82, 2.24) is 0 Å². The standard InChI is InChI=1S/C5H13NS.C4H11NS.2CH3/c1-6(2,3)4-5-7;1-5(2)3-4-6;;/h4-5H2,1-3H3;6H,3-4H2,1-2H3;2*1H3/q;;2*-1/p+2. The van der Waals surface area contributed by atoms with Gasteiger partial charge in [0.05, 0.1) is 48.3 Å². The van der Waals surface area contributed by atoms with Crippen LogP contribution in [0.25, 0.3) is 0 Å². The van der Waals surface area contributed by atoms with Crippen LogP contribution in [0.3, 0.4) is 0 Å². The summed E-state index contributed by atoms with van der Waals surface area (Å²) in [5.74, 6) is 1.96. The van der Waals surface area contributed by atoms with Gasteiger partial charge in [0.15, 0.2) is 0 Å². The summed E-state index contributed by atoms with van der Waals surface area (Å²) in [5.41, 5.74) is 0. The van der Waals surface area contributed by atoms with Gasteiger partial charge in [-0.05, 0) is 0 Å². The van der Waals surface area contributed by atoms with Gasteiger partial charge >= 0.3 is 0 Å². The number of quaternary nitrogens is 2. The average molecular weight is 257 g/mol. The lowest BCUT2D eigenvalue weighted by atomic mass is 10.6. The van der Waals surface area contributed by atoms with Crippen LogP contribution < -0.4 is 4.90 Å². The Morgan fingerprint density at radius 1 is 0.933 bits per heavy atom. The molecule has 0 bridgehead atoms. The Kier molecular flexibility index (Phi) is 24.1. The Balaban J connectivity index is -0.0000000718. The van der Waals surface area contributed by atoms with E-state index in [0.29, 0.717) is 0 Å². The van der Waals surface area contributed by atoms with E-state index in [9.17, 15) is 0 Å². The summed E-state index contributed by atoms with van der Waals surface area (Å²) in [4.78, 5) is 1.46. The molecule has 0 spiro atoms. The Hall–Kier alpha value is 0.620. The molecule has 0 heterocycles. The maximum atomic E-state index is 4.10. The Labute approximate surface area is 109 Å². The van der Waals surface area contributed by atoms with Crippen LogP contribution in [0.5, 0.6) is 0 Å². The first-order chi connectivity index (χ1) is 5.83. The zero-order chi connectivity index (χ0) is 10.9. The van der Waals surface area contributed by atoms with Crippen LogP contribution in [0.15, 0.2) is 0 Å². The van der Waals surface area contributed by atoms with Crippen LogP contribution in [-0.2, 0) is 0 Å². The highest BCUT2D eigenvalue weighted by Gasteiger charge is 2.01. The Morgan fingerprint density at radius 3 is 1.33 bits per heavy atom. The molecule has 15 heavy (non-hydrogen) atoms. The second-order valence-electron chi connectivity index (χ2n) is 4.42. The molecular weight excluding hydrogens is 224 g/mol. The third-order valence-electron chi connectivity index (χ3n) is 1.38. The summed E-state index contributed by atoms with van der Waals surface area (Å²) in [6.45, 7) is 2.30. The van der Waals surface area contributed by atoms with Gasteiger partial charge in [-0.2, -0.15) is 25.3 Å². The van der Waals surface area contributed by atoms with Crippen molar-refractivity contribution in [2.45, 2.75) is 0 Å². The molecule has 0 aromatic heterocycles. The lowest BCUT2D eigenvalue weighted by Gasteiger charge is -2.22. The number of thiol groups is 2. The molecular formula is C11H32N2S2. The molecule has 98 valence electrons. The van der Waals surface area contributed by atoms with Gasteiger partial charge in [0, 0.05) is 11.5 Å². The van der Waals surface area contributed by atoms with Gasteiger partial charge in [0.1, 0.15) is 0 Å². The van der Waals surface area contributed by atoms with Crippen LogP contribution >= 0.6 is 25.3 Å². The smallest absolute Gasteiger partial charge is 0.0869 e. The predicted molar refractivity (Wildman–Crippen MR) is 81.1 cm³/mol. The number of rotatable bonds is 4. The lowest BCUT2D eigenvalue weighted by Crippen LogP contribution is -3.06. The summed E-state index contributed by atoms with van der Waals surface area (Å²) in [5, 5.41) is 0. The van der Waals surface area contributed by atoms with E-state index >= 15 is 0 Å². The fourth-order valence-corrected chi connectivity index (χ4v) is 1.57. The number of nitrogens with one attached hydrogen (secondary N) is 1. The monoisotopic (exact) mass is 256 g/mol. The van der Waals surface area contributed by atoms with Crippen molar-refractivity contribution < 1.29 is 9.38 Å². The first kappa shape index (κ1) is 24.7. The third-order valence-corrected chi connectivity index (χ3v) is 1.81. The maximum Gasteiger partial charge on any atom is 0.0869 e. The first-order valence-electron chi connectivity index (χ1n) is 4.64. The highest BCUT2D eigenvalue weighted by atomic mass is 32.1. The number of nitrogens with zero attached hydrogens (tertiary/aromatic N) is 1. The van der Waals surface area contributed by atoms with E-state index < -0.39 is 0 Å². The SMILES string of the molecule is C[N+](C)(C)CCS.C[NH+](C)CCS.[CH3-].[CH3-]. The van der Waals surface area contributed by atoms with Crippen molar-refractivity contribution >= 4 is 25.3 Å². The van der Waals surface area contributed by atoms with E-state index in [-0.39, 0.29) is 14.9 Å². The molecule has 0 rings (SSSR count). The van der Waals surface area contributed by atoms with Gasteiger partial charge in [-0.1, -0.05) is 0 Å². The summed E-state index contributed by atoms with van der Waals surface area (Å²) >= 11 is 8.14. The van der Waals surface area contributed by atoms with Gasteiger partial charge in [-0.15, -0.1) is 0 Å². The Morgan fingerprint density at radius 2 is 1.33 bits per heavy atom. The minimum atomic E-state index is 0. The average Bonchev–Trinajstić information content (AvgIpc) is 1.84. The topological polar surface area (TPSA) is 4.44 Å². The molecule has 0 aliphatic heterocycles. The molecule has 1 N–H and O–H groups in total. The quantitative estimate of drug-likeness (QED) is 0.367. The van der Waals surface area contributed by atoms with Crippen LogP contribution in [0.2, 0.25) is 0 Å². The molecule has 0 aromatic rings. The third kappa shape index (κ3) is 40.1. The predicted octanol–water partition coefficient (Wildman–Crippen LogP) is 0.584. The first-order valence-corrected chi connectivity index (χ1v) is 5.91. The summed E-state index contributed by atoms with van der Waals surface area (Å²) in [6.07, 6.45) is 0. The second kappa shape index (κ2) is 14.6. The molecule has 0 amide bonds. The molecule has 0 unspecified atom stereocenters. The van der Waals surface area contributed by atoms with Gasteiger partial charge < -0.3 is 24.2 Å². The van der Waals surface area contributed by atoms with Crippen molar-refractivity contribution in [3.8, 4) is 0 Å². The minimum Gasteiger partial charge on any atom is -0.358 e. The van der Waals surface area contributed by atoms with Crippen molar-refractivity contribution in [3.05, 3.63) is 14.9 Å². The van der Waals surface area contributed by atoms with Crippen LogP contribution in [0, 0.1) is 14.9 Å². The summed E-state index contributed by atoms with van der Waals surface area (Å²) in [6, 6.07) is 0. The Bertz CT molecular complexity index is 101. The fourth-order valence-electron chi connectivity index (χ4n) is 0.524. The van der Waals surface area contributed by atoms with Gasteiger partial charge in [0.25, 0.3) is 0 Å². The molecule has 0 aliphatic carbocycles. The second-order valence-corrected chi connectivity index (χ2v) is 5.31. The summed E-state index contributed by atoms with van der Waals surface area (Å²) < 4.78 is 1.02. The largest absolute Gasteiger partial charge is 0.358 e.